The molecule has 3 N–H and O–H groups in total. The van der Waals surface area contributed by atoms with Gasteiger partial charge in [-0.15, -0.1) is 0 Å². The van der Waals surface area contributed by atoms with Gasteiger partial charge < -0.3 is 11.1 Å². The molecular formula is C16H28N4O. The predicted molar refractivity (Wildman–Crippen MR) is 85.0 cm³/mol. The average Bonchev–Trinajstić information content (AvgIpc) is 3.02. The molecule has 0 saturated heterocycles. The molecule has 5 heteroatoms. The lowest BCUT2D eigenvalue weighted by atomic mass is 9.78. The van der Waals surface area contributed by atoms with Gasteiger partial charge in [-0.1, -0.05) is 26.7 Å². The van der Waals surface area contributed by atoms with E-state index >= 15 is 0 Å². The Kier molecular flexibility index (Phi) is 4.91. The molecule has 1 aliphatic carbocycles. The smallest absolute Gasteiger partial charge is 0.271 e. The maximum atomic E-state index is 12.4. The standard InChI is InChI=1S/C16H28N4O/c1-4-20-14(13(17)10-19-20)15(21)18-11-16(9-12(2)3)7-5-6-8-16/h10,12H,4-9,11,17H2,1-3H3,(H,18,21). The van der Waals surface area contributed by atoms with Gasteiger partial charge in [0.1, 0.15) is 5.69 Å². The van der Waals surface area contributed by atoms with E-state index in [1.54, 1.807) is 10.9 Å². The highest BCUT2D eigenvalue weighted by molar-refractivity contribution is 5.97. The van der Waals surface area contributed by atoms with E-state index in [1.807, 2.05) is 6.92 Å². The Hall–Kier alpha value is -1.52. The molecule has 0 aromatic carbocycles. The third-order valence-electron chi connectivity index (χ3n) is 4.51. The highest BCUT2D eigenvalue weighted by atomic mass is 16.2. The summed E-state index contributed by atoms with van der Waals surface area (Å²) in [5.41, 5.74) is 7.10. The second-order valence-electron chi connectivity index (χ2n) is 6.75. The van der Waals surface area contributed by atoms with Crippen LogP contribution >= 0.6 is 0 Å². The molecular weight excluding hydrogens is 264 g/mol. The van der Waals surface area contributed by atoms with Gasteiger partial charge in [-0.25, -0.2) is 0 Å². The lowest BCUT2D eigenvalue weighted by molar-refractivity contribution is 0.0912. The first kappa shape index (κ1) is 15.9. The van der Waals surface area contributed by atoms with E-state index in [0.717, 1.165) is 6.54 Å². The van der Waals surface area contributed by atoms with Crippen LogP contribution in [0.25, 0.3) is 0 Å². The predicted octanol–water partition coefficient (Wildman–Crippen LogP) is 2.82. The zero-order valence-electron chi connectivity index (χ0n) is 13.5. The summed E-state index contributed by atoms with van der Waals surface area (Å²) in [7, 11) is 0. The van der Waals surface area contributed by atoms with Crippen LogP contribution in [0, 0.1) is 11.3 Å². The molecule has 5 nitrogen and oxygen atoms in total. The number of nitrogens with two attached hydrogens (primary N) is 1. The van der Waals surface area contributed by atoms with Crippen LogP contribution < -0.4 is 11.1 Å². The zero-order chi connectivity index (χ0) is 15.5. The quantitative estimate of drug-likeness (QED) is 0.846. The van der Waals surface area contributed by atoms with Gasteiger partial charge in [0.05, 0.1) is 11.9 Å². The van der Waals surface area contributed by atoms with E-state index in [1.165, 1.54) is 32.1 Å². The van der Waals surface area contributed by atoms with Crippen LogP contribution in [0.15, 0.2) is 6.20 Å². The Morgan fingerprint density at radius 3 is 2.71 bits per heavy atom. The Labute approximate surface area is 127 Å². The molecule has 0 atom stereocenters. The van der Waals surface area contributed by atoms with Gasteiger partial charge in [0.25, 0.3) is 5.91 Å². The number of nitrogens with one attached hydrogen (secondary N) is 1. The minimum atomic E-state index is -0.0955. The van der Waals surface area contributed by atoms with E-state index in [-0.39, 0.29) is 11.3 Å². The van der Waals surface area contributed by atoms with Crippen molar-refractivity contribution in [3.8, 4) is 0 Å². The summed E-state index contributed by atoms with van der Waals surface area (Å²) in [6.07, 6.45) is 7.71. The van der Waals surface area contributed by atoms with E-state index in [4.69, 9.17) is 5.73 Å². The highest BCUT2D eigenvalue weighted by Crippen LogP contribution is 2.42. The summed E-state index contributed by atoms with van der Waals surface area (Å²) in [5, 5.41) is 7.24. The van der Waals surface area contributed by atoms with Gasteiger partial charge in [-0.05, 0) is 37.5 Å². The van der Waals surface area contributed by atoms with Crippen molar-refractivity contribution < 1.29 is 4.79 Å². The molecule has 1 fully saturated rings. The van der Waals surface area contributed by atoms with Crippen LogP contribution in [0.4, 0.5) is 5.69 Å². The molecule has 0 radical (unpaired) electrons. The average molecular weight is 292 g/mol. The van der Waals surface area contributed by atoms with Gasteiger partial charge >= 0.3 is 0 Å². The van der Waals surface area contributed by atoms with Crippen molar-refractivity contribution in [3.05, 3.63) is 11.9 Å². The Balaban J connectivity index is 2.03. The number of carbonyl (C=O) groups is 1. The first-order chi connectivity index (χ1) is 9.97. The second kappa shape index (κ2) is 6.50. The summed E-state index contributed by atoms with van der Waals surface area (Å²) in [4.78, 5) is 12.4. The normalized spacial score (nSPS) is 17.3. The van der Waals surface area contributed by atoms with Gasteiger partial charge in [-0.2, -0.15) is 5.10 Å². The van der Waals surface area contributed by atoms with Crippen molar-refractivity contribution in [2.24, 2.45) is 11.3 Å². The van der Waals surface area contributed by atoms with Crippen LogP contribution in [0.2, 0.25) is 0 Å². The number of anilines is 1. The van der Waals surface area contributed by atoms with Crippen molar-refractivity contribution in [2.75, 3.05) is 12.3 Å². The second-order valence-corrected chi connectivity index (χ2v) is 6.75. The molecule has 1 saturated carbocycles. The van der Waals surface area contributed by atoms with Gasteiger partial charge in [0, 0.05) is 13.1 Å². The Morgan fingerprint density at radius 1 is 1.48 bits per heavy atom. The topological polar surface area (TPSA) is 72.9 Å². The van der Waals surface area contributed by atoms with Crippen molar-refractivity contribution >= 4 is 11.6 Å². The lowest BCUT2D eigenvalue weighted by Gasteiger charge is -2.31. The summed E-state index contributed by atoms with van der Waals surface area (Å²) >= 11 is 0. The molecule has 21 heavy (non-hydrogen) atoms. The summed E-state index contributed by atoms with van der Waals surface area (Å²) < 4.78 is 1.66. The van der Waals surface area contributed by atoms with Crippen molar-refractivity contribution in [1.82, 2.24) is 15.1 Å². The largest absolute Gasteiger partial charge is 0.396 e. The number of carbonyl (C=O) groups excluding carboxylic acids is 1. The SMILES string of the molecule is CCn1ncc(N)c1C(=O)NCC1(CC(C)C)CCCC1. The fourth-order valence-electron chi connectivity index (χ4n) is 3.68. The number of aromatic nitrogens is 2. The Morgan fingerprint density at radius 2 is 2.14 bits per heavy atom. The van der Waals surface area contributed by atoms with E-state index in [2.05, 4.69) is 24.3 Å². The zero-order valence-corrected chi connectivity index (χ0v) is 13.5. The molecule has 0 spiro atoms. The van der Waals surface area contributed by atoms with E-state index < -0.39 is 0 Å². The number of hydrogen-bond acceptors (Lipinski definition) is 3. The maximum Gasteiger partial charge on any atom is 0.271 e. The minimum absolute atomic E-state index is 0.0955. The van der Waals surface area contributed by atoms with Gasteiger partial charge in [0.15, 0.2) is 0 Å². The highest BCUT2D eigenvalue weighted by Gasteiger charge is 2.35. The summed E-state index contributed by atoms with van der Waals surface area (Å²) in [6.45, 7) is 7.87. The van der Waals surface area contributed by atoms with Crippen LogP contribution in [0.1, 0.15) is 63.4 Å². The molecule has 1 aromatic rings. The van der Waals surface area contributed by atoms with Crippen LogP contribution in [0.3, 0.4) is 0 Å². The van der Waals surface area contributed by atoms with Crippen molar-refractivity contribution in [2.45, 2.75) is 59.4 Å². The van der Waals surface area contributed by atoms with Gasteiger partial charge in [-0.3, -0.25) is 9.48 Å². The van der Waals surface area contributed by atoms with Crippen LogP contribution in [0.5, 0.6) is 0 Å². The molecule has 1 aliphatic rings. The number of hydrogen-bond donors (Lipinski definition) is 2. The summed E-state index contributed by atoms with van der Waals surface area (Å²) in [5.74, 6) is 0.563. The molecule has 0 bridgehead atoms. The first-order valence-corrected chi connectivity index (χ1v) is 8.07. The van der Waals surface area contributed by atoms with Crippen LogP contribution in [-0.4, -0.2) is 22.2 Å². The lowest BCUT2D eigenvalue weighted by Crippen LogP contribution is -2.38. The van der Waals surface area contributed by atoms with E-state index in [0.29, 0.717) is 23.8 Å². The molecule has 118 valence electrons. The minimum Gasteiger partial charge on any atom is -0.396 e. The summed E-state index contributed by atoms with van der Waals surface area (Å²) in [6, 6.07) is 0. The fraction of sp³-hybridized carbons (Fsp3) is 0.750. The number of rotatable bonds is 6. The molecule has 0 aliphatic heterocycles. The number of aryl methyl sites for hydroxylation is 1. The number of amides is 1. The maximum absolute atomic E-state index is 12.4. The molecule has 2 rings (SSSR count). The van der Waals surface area contributed by atoms with E-state index in [9.17, 15) is 4.79 Å². The molecule has 1 aromatic heterocycles. The van der Waals surface area contributed by atoms with Crippen molar-refractivity contribution in [1.29, 1.82) is 0 Å². The first-order valence-electron chi connectivity index (χ1n) is 8.07. The number of nitrogen functional groups attached to an aromatic ring is 1. The third-order valence-corrected chi connectivity index (χ3v) is 4.51. The Bertz CT molecular complexity index is 486. The fourth-order valence-corrected chi connectivity index (χ4v) is 3.68. The van der Waals surface area contributed by atoms with Gasteiger partial charge in [0.2, 0.25) is 0 Å². The molecule has 1 heterocycles. The molecule has 1 amide bonds. The molecule has 0 unspecified atom stereocenters. The van der Waals surface area contributed by atoms with Crippen molar-refractivity contribution in [3.63, 3.8) is 0 Å². The van der Waals surface area contributed by atoms with Crippen LogP contribution in [-0.2, 0) is 6.54 Å². The number of nitrogens with zero attached hydrogens (tertiary/aromatic N) is 2. The monoisotopic (exact) mass is 292 g/mol. The third kappa shape index (κ3) is 3.57.